The van der Waals surface area contributed by atoms with Gasteiger partial charge >= 0.3 is 6.03 Å². The molecule has 1 aromatic carbocycles. The summed E-state index contributed by atoms with van der Waals surface area (Å²) in [5.74, 6) is 0.480. The smallest absolute Gasteiger partial charge is 0.315 e. The molecule has 3 N–H and O–H groups in total. The highest BCUT2D eigenvalue weighted by Crippen LogP contribution is 2.44. The van der Waals surface area contributed by atoms with Crippen LogP contribution >= 0.6 is 0 Å². The molecule has 140 valence electrons. The Kier molecular flexibility index (Phi) is 4.65. The van der Waals surface area contributed by atoms with Crippen LogP contribution in [0.15, 0.2) is 18.2 Å². The lowest BCUT2D eigenvalue weighted by Gasteiger charge is -2.47. The van der Waals surface area contributed by atoms with Crippen LogP contribution in [0, 0.1) is 6.92 Å². The number of nitrogens with zero attached hydrogens (tertiary/aromatic N) is 1. The zero-order chi connectivity index (χ0) is 18.3. The molecule has 26 heavy (non-hydrogen) atoms. The molecule has 0 bridgehead atoms. The number of aryl methyl sites for hydroxylation is 1. The van der Waals surface area contributed by atoms with Gasteiger partial charge in [-0.05, 0) is 56.8 Å². The number of carbonyl (C=O) groups excluding carboxylic acids is 1. The van der Waals surface area contributed by atoms with Gasteiger partial charge in [0.05, 0.1) is 0 Å². The maximum absolute atomic E-state index is 12.1. The number of amides is 2. The summed E-state index contributed by atoms with van der Waals surface area (Å²) >= 11 is 0. The summed E-state index contributed by atoms with van der Waals surface area (Å²) < 4.78 is 0. The molecule has 1 aromatic heterocycles. The molecule has 4 rings (SSSR count). The standard InChI is InChI=1S/C21H30N4O/c1-4-9-25-12-14(24-21(26)22-5-2)10-17-15-7-6-8-18-20(15)16(11-19(17)25)13(3)23-18/h6-8,14,17,19,23H,4-5,9-12H2,1-3H3,(H2,22,24,26)/t14-,17+,19+/m0/s1. The topological polar surface area (TPSA) is 60.2 Å². The van der Waals surface area contributed by atoms with Gasteiger partial charge < -0.3 is 15.6 Å². The quantitative estimate of drug-likeness (QED) is 0.789. The van der Waals surface area contributed by atoms with E-state index in [1.165, 1.54) is 27.7 Å². The molecule has 0 spiro atoms. The molecule has 2 heterocycles. The summed E-state index contributed by atoms with van der Waals surface area (Å²) in [5, 5.41) is 7.51. The van der Waals surface area contributed by atoms with Crippen LogP contribution in [0.3, 0.4) is 0 Å². The monoisotopic (exact) mass is 354 g/mol. The number of hydrogen-bond donors (Lipinski definition) is 3. The molecule has 1 aliphatic heterocycles. The van der Waals surface area contributed by atoms with Crippen molar-refractivity contribution in [2.75, 3.05) is 19.6 Å². The molecule has 5 nitrogen and oxygen atoms in total. The van der Waals surface area contributed by atoms with E-state index in [1.807, 2.05) is 6.92 Å². The highest BCUT2D eigenvalue weighted by molar-refractivity contribution is 5.89. The number of rotatable bonds is 4. The van der Waals surface area contributed by atoms with Crippen LogP contribution in [0.4, 0.5) is 4.79 Å². The molecule has 0 radical (unpaired) electrons. The van der Waals surface area contributed by atoms with Crippen LogP contribution in [-0.2, 0) is 6.42 Å². The molecule has 5 heteroatoms. The summed E-state index contributed by atoms with van der Waals surface area (Å²) in [4.78, 5) is 18.3. The Balaban J connectivity index is 1.69. The van der Waals surface area contributed by atoms with Gasteiger partial charge in [0, 0.05) is 47.7 Å². The third-order valence-corrected chi connectivity index (χ3v) is 6.10. The number of fused-ring (bicyclic) bond motifs is 2. The van der Waals surface area contributed by atoms with Crippen molar-refractivity contribution in [3.63, 3.8) is 0 Å². The second kappa shape index (κ2) is 6.95. The Morgan fingerprint density at radius 1 is 1.35 bits per heavy atom. The highest BCUT2D eigenvalue weighted by atomic mass is 16.2. The fourth-order valence-corrected chi connectivity index (χ4v) is 5.11. The third kappa shape index (κ3) is 2.88. The number of carbonyl (C=O) groups is 1. The highest BCUT2D eigenvalue weighted by Gasteiger charge is 2.41. The van der Waals surface area contributed by atoms with E-state index in [-0.39, 0.29) is 12.1 Å². The van der Waals surface area contributed by atoms with Crippen molar-refractivity contribution in [2.45, 2.75) is 58.0 Å². The van der Waals surface area contributed by atoms with E-state index in [9.17, 15) is 4.79 Å². The minimum Gasteiger partial charge on any atom is -0.358 e. The molecule has 1 saturated heterocycles. The molecule has 1 aliphatic carbocycles. The molecule has 3 atom stereocenters. The SMILES string of the molecule is CCCN1C[C@@H](NC(=O)NCC)C[C@@H]2c3cccc4[nH]c(C)c(c34)C[C@H]21. The first-order valence-corrected chi connectivity index (χ1v) is 10.0. The van der Waals surface area contributed by atoms with E-state index < -0.39 is 0 Å². The van der Waals surface area contributed by atoms with E-state index in [0.29, 0.717) is 18.5 Å². The average Bonchev–Trinajstić information content (AvgIpc) is 2.93. The number of urea groups is 1. The normalized spacial score (nSPS) is 25.1. The van der Waals surface area contributed by atoms with Crippen molar-refractivity contribution in [1.82, 2.24) is 20.5 Å². The summed E-state index contributed by atoms with van der Waals surface area (Å²) in [6.45, 7) is 9.09. The lowest BCUT2D eigenvalue weighted by molar-refractivity contribution is 0.101. The van der Waals surface area contributed by atoms with Crippen molar-refractivity contribution >= 4 is 16.9 Å². The first kappa shape index (κ1) is 17.4. The molecule has 2 aromatic rings. The predicted molar refractivity (Wildman–Crippen MR) is 106 cm³/mol. The maximum Gasteiger partial charge on any atom is 0.315 e. The van der Waals surface area contributed by atoms with Crippen LogP contribution in [-0.4, -0.2) is 47.6 Å². The second-order valence-electron chi connectivity index (χ2n) is 7.81. The summed E-state index contributed by atoms with van der Waals surface area (Å²) in [6, 6.07) is 7.35. The van der Waals surface area contributed by atoms with Gasteiger partial charge in [0.15, 0.2) is 0 Å². The first-order chi connectivity index (χ1) is 12.6. The summed E-state index contributed by atoms with van der Waals surface area (Å²) in [7, 11) is 0. The molecule has 2 amide bonds. The average molecular weight is 354 g/mol. The number of likely N-dealkylation sites (tertiary alicyclic amines) is 1. The molecule has 0 unspecified atom stereocenters. The van der Waals surface area contributed by atoms with Crippen molar-refractivity contribution in [1.29, 1.82) is 0 Å². The van der Waals surface area contributed by atoms with Gasteiger partial charge in [-0.1, -0.05) is 19.1 Å². The van der Waals surface area contributed by atoms with E-state index in [2.05, 4.69) is 52.6 Å². The Labute approximate surface area is 155 Å². The number of nitrogens with one attached hydrogen (secondary N) is 3. The molecule has 2 aliphatic rings. The fourth-order valence-electron chi connectivity index (χ4n) is 5.11. The third-order valence-electron chi connectivity index (χ3n) is 6.10. The van der Waals surface area contributed by atoms with Crippen molar-refractivity contribution < 1.29 is 4.79 Å². The van der Waals surface area contributed by atoms with E-state index >= 15 is 0 Å². The van der Waals surface area contributed by atoms with Crippen LogP contribution in [0.2, 0.25) is 0 Å². The number of piperidine rings is 1. The zero-order valence-electron chi connectivity index (χ0n) is 16.1. The van der Waals surface area contributed by atoms with Gasteiger partial charge in [-0.15, -0.1) is 0 Å². The van der Waals surface area contributed by atoms with Gasteiger partial charge in [0.1, 0.15) is 0 Å². The summed E-state index contributed by atoms with van der Waals surface area (Å²) in [5.41, 5.74) is 5.52. The fraction of sp³-hybridized carbons (Fsp3) is 0.571. The van der Waals surface area contributed by atoms with E-state index in [0.717, 1.165) is 32.4 Å². The number of H-pyrrole nitrogens is 1. The predicted octanol–water partition coefficient (Wildman–Crippen LogP) is 3.29. The Morgan fingerprint density at radius 3 is 2.96 bits per heavy atom. The molecule has 0 saturated carbocycles. The van der Waals surface area contributed by atoms with E-state index in [1.54, 1.807) is 0 Å². The summed E-state index contributed by atoms with van der Waals surface area (Å²) in [6.07, 6.45) is 3.27. The number of aromatic nitrogens is 1. The number of hydrogen-bond acceptors (Lipinski definition) is 2. The zero-order valence-corrected chi connectivity index (χ0v) is 16.1. The first-order valence-electron chi connectivity index (χ1n) is 10.0. The van der Waals surface area contributed by atoms with Crippen molar-refractivity contribution in [3.8, 4) is 0 Å². The Bertz CT molecular complexity index is 812. The second-order valence-corrected chi connectivity index (χ2v) is 7.81. The van der Waals surface area contributed by atoms with Gasteiger partial charge in [-0.25, -0.2) is 4.79 Å². The van der Waals surface area contributed by atoms with E-state index in [4.69, 9.17) is 0 Å². The number of aromatic amines is 1. The van der Waals surface area contributed by atoms with Crippen molar-refractivity contribution in [3.05, 3.63) is 35.0 Å². The Hall–Kier alpha value is -2.01. The largest absolute Gasteiger partial charge is 0.358 e. The van der Waals surface area contributed by atoms with Crippen LogP contribution in [0.1, 0.15) is 49.4 Å². The molecular weight excluding hydrogens is 324 g/mol. The minimum absolute atomic E-state index is 0.0420. The van der Waals surface area contributed by atoms with Gasteiger partial charge in [-0.3, -0.25) is 4.90 Å². The van der Waals surface area contributed by atoms with Gasteiger partial charge in [0.2, 0.25) is 0 Å². The van der Waals surface area contributed by atoms with Crippen LogP contribution in [0.5, 0.6) is 0 Å². The Morgan fingerprint density at radius 2 is 2.19 bits per heavy atom. The van der Waals surface area contributed by atoms with Gasteiger partial charge in [-0.2, -0.15) is 0 Å². The molecule has 1 fully saturated rings. The van der Waals surface area contributed by atoms with Gasteiger partial charge in [0.25, 0.3) is 0 Å². The van der Waals surface area contributed by atoms with Crippen molar-refractivity contribution in [2.24, 2.45) is 0 Å². The lowest BCUT2D eigenvalue weighted by atomic mass is 9.73. The van der Waals surface area contributed by atoms with Crippen LogP contribution < -0.4 is 10.6 Å². The maximum atomic E-state index is 12.1. The van der Waals surface area contributed by atoms with Crippen LogP contribution in [0.25, 0.3) is 10.9 Å². The minimum atomic E-state index is -0.0420. The lowest BCUT2D eigenvalue weighted by Crippen LogP contribution is -2.57. The number of benzene rings is 1. The molecular formula is C21H30N4O.